The Morgan fingerprint density at radius 3 is 2.33 bits per heavy atom. The van der Waals surface area contributed by atoms with Crippen LogP contribution in [0.25, 0.3) is 0 Å². The molecule has 0 aromatic heterocycles. The molecule has 1 N–H and O–H groups in total. The van der Waals surface area contributed by atoms with Crippen LogP contribution in [0.4, 0.5) is 0 Å². The molecule has 0 radical (unpaired) electrons. The van der Waals surface area contributed by atoms with Crippen LogP contribution in [0.2, 0.25) is 0 Å². The van der Waals surface area contributed by atoms with E-state index >= 15 is 0 Å². The van der Waals surface area contributed by atoms with E-state index in [0.717, 1.165) is 22.3 Å². The number of sulfone groups is 1. The van der Waals surface area contributed by atoms with Crippen LogP contribution >= 0.6 is 0 Å². The molecular formula is C17H18O3S. The number of hydrogen-bond donors (Lipinski definition) is 1. The molecule has 4 heteroatoms. The van der Waals surface area contributed by atoms with Gasteiger partial charge in [-0.25, -0.2) is 8.42 Å². The lowest BCUT2D eigenvalue weighted by Crippen LogP contribution is -2.09. The maximum atomic E-state index is 13.1. The molecule has 0 aliphatic heterocycles. The molecule has 1 aliphatic rings. The van der Waals surface area contributed by atoms with Crippen LogP contribution in [0.3, 0.4) is 0 Å². The molecule has 0 spiro atoms. The van der Waals surface area contributed by atoms with Gasteiger partial charge in [-0.2, -0.15) is 0 Å². The number of aliphatic hydroxyl groups is 1. The molecule has 2 aromatic rings. The van der Waals surface area contributed by atoms with Crippen molar-refractivity contribution in [1.82, 2.24) is 0 Å². The van der Waals surface area contributed by atoms with Crippen molar-refractivity contribution in [2.75, 3.05) is 0 Å². The van der Waals surface area contributed by atoms with Gasteiger partial charge >= 0.3 is 0 Å². The SMILES string of the molecule is Cc1cccc(C)c1S(=O)(=O)c1cccc2c1CC[C@@H]2O. The van der Waals surface area contributed by atoms with Gasteiger partial charge in [0.1, 0.15) is 0 Å². The molecule has 0 heterocycles. The average molecular weight is 302 g/mol. The molecule has 0 saturated heterocycles. The summed E-state index contributed by atoms with van der Waals surface area (Å²) in [6.45, 7) is 3.63. The summed E-state index contributed by atoms with van der Waals surface area (Å²) in [6, 6.07) is 10.7. The molecule has 0 amide bonds. The minimum atomic E-state index is -3.56. The van der Waals surface area contributed by atoms with Gasteiger partial charge in [-0.1, -0.05) is 30.3 Å². The zero-order chi connectivity index (χ0) is 15.2. The highest BCUT2D eigenvalue weighted by Crippen LogP contribution is 2.38. The van der Waals surface area contributed by atoms with Crippen molar-refractivity contribution in [2.45, 2.75) is 42.6 Å². The fourth-order valence-electron chi connectivity index (χ4n) is 3.18. The van der Waals surface area contributed by atoms with E-state index in [0.29, 0.717) is 22.6 Å². The minimum Gasteiger partial charge on any atom is -0.388 e. The van der Waals surface area contributed by atoms with Gasteiger partial charge in [-0.05, 0) is 55.0 Å². The summed E-state index contributed by atoms with van der Waals surface area (Å²) in [7, 11) is -3.56. The third kappa shape index (κ3) is 2.19. The first-order chi connectivity index (χ1) is 9.93. The van der Waals surface area contributed by atoms with Crippen LogP contribution in [-0.4, -0.2) is 13.5 Å². The summed E-state index contributed by atoms with van der Waals surface area (Å²) in [4.78, 5) is 0.730. The van der Waals surface area contributed by atoms with Crippen LogP contribution in [0.15, 0.2) is 46.2 Å². The van der Waals surface area contributed by atoms with Crippen LogP contribution in [0, 0.1) is 13.8 Å². The molecule has 0 saturated carbocycles. The molecular weight excluding hydrogens is 284 g/mol. The summed E-state index contributed by atoms with van der Waals surface area (Å²) in [5, 5.41) is 9.96. The Morgan fingerprint density at radius 2 is 1.67 bits per heavy atom. The van der Waals surface area contributed by atoms with E-state index in [1.807, 2.05) is 38.1 Å². The number of benzene rings is 2. The topological polar surface area (TPSA) is 54.4 Å². The molecule has 0 fully saturated rings. The summed E-state index contributed by atoms with van der Waals surface area (Å²) >= 11 is 0. The molecule has 1 aliphatic carbocycles. The number of aryl methyl sites for hydroxylation is 2. The average Bonchev–Trinajstić information content (AvgIpc) is 2.80. The fourth-order valence-corrected chi connectivity index (χ4v) is 5.19. The fraction of sp³-hybridized carbons (Fsp3) is 0.294. The van der Waals surface area contributed by atoms with Crippen molar-refractivity contribution in [3.63, 3.8) is 0 Å². The van der Waals surface area contributed by atoms with Crippen molar-refractivity contribution in [3.8, 4) is 0 Å². The highest BCUT2D eigenvalue weighted by molar-refractivity contribution is 7.91. The third-order valence-electron chi connectivity index (χ3n) is 4.16. The van der Waals surface area contributed by atoms with Gasteiger partial charge in [0, 0.05) is 0 Å². The Labute approximate surface area is 125 Å². The molecule has 3 nitrogen and oxygen atoms in total. The zero-order valence-corrected chi connectivity index (χ0v) is 12.9. The molecule has 0 bridgehead atoms. The first-order valence-corrected chi connectivity index (χ1v) is 8.52. The van der Waals surface area contributed by atoms with Gasteiger partial charge in [-0.15, -0.1) is 0 Å². The highest BCUT2D eigenvalue weighted by atomic mass is 32.2. The normalized spacial score (nSPS) is 17.8. The lowest BCUT2D eigenvalue weighted by Gasteiger charge is -2.14. The lowest BCUT2D eigenvalue weighted by atomic mass is 10.1. The smallest absolute Gasteiger partial charge is 0.207 e. The summed E-state index contributed by atoms with van der Waals surface area (Å²) < 4.78 is 26.1. The van der Waals surface area contributed by atoms with Crippen molar-refractivity contribution in [2.24, 2.45) is 0 Å². The minimum absolute atomic E-state index is 0.342. The van der Waals surface area contributed by atoms with Crippen molar-refractivity contribution >= 4 is 9.84 Å². The summed E-state index contributed by atoms with van der Waals surface area (Å²) in [5.41, 5.74) is 3.03. The standard InChI is InChI=1S/C17H18O3S/c1-11-5-3-6-12(2)17(11)21(19,20)16-8-4-7-13-14(16)9-10-15(13)18/h3-8,15,18H,9-10H2,1-2H3/t15-/m0/s1. The summed E-state index contributed by atoms with van der Waals surface area (Å²) in [6.07, 6.45) is 0.652. The van der Waals surface area contributed by atoms with Gasteiger partial charge in [0.2, 0.25) is 9.84 Å². The van der Waals surface area contributed by atoms with Crippen LogP contribution < -0.4 is 0 Å². The van der Waals surface area contributed by atoms with Crippen molar-refractivity contribution in [3.05, 3.63) is 58.7 Å². The Bertz CT molecular complexity index is 787. The van der Waals surface area contributed by atoms with E-state index in [1.54, 1.807) is 12.1 Å². The Morgan fingerprint density at radius 1 is 1.05 bits per heavy atom. The van der Waals surface area contributed by atoms with Crippen LogP contribution in [0.5, 0.6) is 0 Å². The highest BCUT2D eigenvalue weighted by Gasteiger charge is 2.30. The summed E-state index contributed by atoms with van der Waals surface area (Å²) in [5.74, 6) is 0. The molecule has 21 heavy (non-hydrogen) atoms. The van der Waals surface area contributed by atoms with Gasteiger partial charge in [-0.3, -0.25) is 0 Å². The van der Waals surface area contributed by atoms with E-state index in [4.69, 9.17) is 0 Å². The molecule has 3 rings (SSSR count). The second-order valence-electron chi connectivity index (χ2n) is 5.60. The van der Waals surface area contributed by atoms with Gasteiger partial charge in [0.25, 0.3) is 0 Å². The van der Waals surface area contributed by atoms with E-state index in [9.17, 15) is 13.5 Å². The van der Waals surface area contributed by atoms with Crippen LogP contribution in [-0.2, 0) is 16.3 Å². The number of fused-ring (bicyclic) bond motifs is 1. The van der Waals surface area contributed by atoms with E-state index in [1.165, 1.54) is 0 Å². The number of hydrogen-bond acceptors (Lipinski definition) is 3. The van der Waals surface area contributed by atoms with E-state index < -0.39 is 15.9 Å². The van der Waals surface area contributed by atoms with E-state index in [2.05, 4.69) is 0 Å². The van der Waals surface area contributed by atoms with Gasteiger partial charge < -0.3 is 5.11 Å². The predicted molar refractivity (Wildman–Crippen MR) is 81.1 cm³/mol. The number of aliphatic hydroxyl groups excluding tert-OH is 1. The zero-order valence-electron chi connectivity index (χ0n) is 12.1. The predicted octanol–water partition coefficient (Wildman–Crippen LogP) is 3.12. The van der Waals surface area contributed by atoms with Gasteiger partial charge in [0.05, 0.1) is 15.9 Å². The second-order valence-corrected chi connectivity index (χ2v) is 7.46. The third-order valence-corrected chi connectivity index (χ3v) is 6.31. The largest absolute Gasteiger partial charge is 0.388 e. The quantitative estimate of drug-likeness (QED) is 0.927. The molecule has 1 atom stereocenters. The number of rotatable bonds is 2. The Balaban J connectivity index is 2.26. The lowest BCUT2D eigenvalue weighted by molar-refractivity contribution is 0.180. The van der Waals surface area contributed by atoms with E-state index in [-0.39, 0.29) is 0 Å². The van der Waals surface area contributed by atoms with Crippen molar-refractivity contribution in [1.29, 1.82) is 0 Å². The maximum absolute atomic E-state index is 13.1. The Kier molecular flexibility index (Phi) is 3.38. The van der Waals surface area contributed by atoms with Crippen LogP contribution in [0.1, 0.15) is 34.8 Å². The first-order valence-electron chi connectivity index (χ1n) is 7.04. The Hall–Kier alpha value is -1.65. The molecule has 2 aromatic carbocycles. The molecule has 0 unspecified atom stereocenters. The second kappa shape index (κ2) is 4.97. The first kappa shape index (κ1) is 14.3. The van der Waals surface area contributed by atoms with Gasteiger partial charge in [0.15, 0.2) is 0 Å². The monoisotopic (exact) mass is 302 g/mol. The van der Waals surface area contributed by atoms with Crippen molar-refractivity contribution < 1.29 is 13.5 Å². The maximum Gasteiger partial charge on any atom is 0.207 e. The molecule has 110 valence electrons.